The minimum Gasteiger partial charge on any atom is -0.198 e. The molecule has 0 radical (unpaired) electrons. The van der Waals surface area contributed by atoms with Gasteiger partial charge in [0, 0.05) is 0 Å². The third kappa shape index (κ3) is 2.87. The van der Waals surface area contributed by atoms with Gasteiger partial charge in [-0.1, -0.05) is 26.7 Å². The summed E-state index contributed by atoms with van der Waals surface area (Å²) in [6.45, 7) is 6.27. The molecule has 0 spiro atoms. The largest absolute Gasteiger partial charge is 0.198 e. The van der Waals surface area contributed by atoms with Crippen LogP contribution in [0, 0.1) is 16.7 Å². The number of nitriles is 1. The van der Waals surface area contributed by atoms with E-state index in [2.05, 4.69) is 19.9 Å². The molecule has 1 saturated carbocycles. The van der Waals surface area contributed by atoms with Crippen molar-refractivity contribution in [1.29, 1.82) is 5.26 Å². The first-order chi connectivity index (χ1) is 4.68. The average Bonchev–Trinajstić information content (AvgIpc) is 1.85. The van der Waals surface area contributed by atoms with E-state index in [0.29, 0.717) is 0 Å². The predicted molar refractivity (Wildman–Crippen MR) is 43.5 cm³/mol. The van der Waals surface area contributed by atoms with Crippen LogP contribution in [0.25, 0.3) is 0 Å². The molecule has 1 fully saturated rings. The smallest absolute Gasteiger partial charge is 0.0686 e. The Kier molecular flexibility index (Phi) is 4.11. The Bertz CT molecular complexity index is 117. The van der Waals surface area contributed by atoms with Gasteiger partial charge >= 0.3 is 0 Å². The Hall–Kier alpha value is -0.510. The van der Waals surface area contributed by atoms with Crippen molar-refractivity contribution in [3.8, 4) is 6.07 Å². The van der Waals surface area contributed by atoms with Crippen LogP contribution in [0.2, 0.25) is 0 Å². The molecule has 0 unspecified atom stereocenters. The van der Waals surface area contributed by atoms with Crippen LogP contribution in [0.1, 0.15) is 46.5 Å². The second-order valence-corrected chi connectivity index (χ2v) is 3.23. The van der Waals surface area contributed by atoms with E-state index in [-0.39, 0.29) is 5.41 Å². The van der Waals surface area contributed by atoms with Crippen molar-refractivity contribution in [2.45, 2.75) is 46.5 Å². The van der Waals surface area contributed by atoms with E-state index in [1.807, 2.05) is 6.92 Å². The third-order valence-electron chi connectivity index (χ3n) is 1.73. The molecule has 0 atom stereocenters. The molecule has 0 heterocycles. The molecule has 1 rings (SSSR count). The van der Waals surface area contributed by atoms with Crippen LogP contribution in [0.15, 0.2) is 0 Å². The fourth-order valence-electron chi connectivity index (χ4n) is 0.819. The Morgan fingerprint density at radius 3 is 1.80 bits per heavy atom. The van der Waals surface area contributed by atoms with E-state index >= 15 is 0 Å². The summed E-state index contributed by atoms with van der Waals surface area (Å²) in [5.41, 5.74) is 0.0694. The molecule has 0 amide bonds. The van der Waals surface area contributed by atoms with E-state index in [9.17, 15) is 0 Å². The lowest BCUT2D eigenvalue weighted by molar-refractivity contribution is 0.245. The van der Waals surface area contributed by atoms with Crippen LogP contribution in [0.5, 0.6) is 0 Å². The summed E-state index contributed by atoms with van der Waals surface area (Å²) in [4.78, 5) is 0. The molecule has 1 nitrogen and oxygen atoms in total. The number of rotatable bonds is 0. The van der Waals surface area contributed by atoms with Gasteiger partial charge in [-0.3, -0.25) is 0 Å². The molecule has 58 valence electrons. The van der Waals surface area contributed by atoms with Crippen LogP contribution in [-0.2, 0) is 0 Å². The first-order valence-corrected chi connectivity index (χ1v) is 4.09. The summed E-state index contributed by atoms with van der Waals surface area (Å²) in [5.74, 6) is 0. The molecular weight excluding hydrogens is 122 g/mol. The Balaban J connectivity index is 0.000000236. The topological polar surface area (TPSA) is 23.8 Å². The zero-order valence-corrected chi connectivity index (χ0v) is 7.28. The van der Waals surface area contributed by atoms with Crippen molar-refractivity contribution >= 4 is 0 Å². The van der Waals surface area contributed by atoms with Crippen molar-refractivity contribution in [3.05, 3.63) is 0 Å². The highest BCUT2D eigenvalue weighted by atomic mass is 14.4. The quantitative estimate of drug-likeness (QED) is 0.506. The summed E-state index contributed by atoms with van der Waals surface area (Å²) in [5, 5.41) is 8.40. The molecule has 0 N–H and O–H groups in total. The van der Waals surface area contributed by atoms with Gasteiger partial charge in [-0.15, -0.1) is 0 Å². The normalized spacial score (nSPS) is 19.4. The molecule has 0 bridgehead atoms. The zero-order valence-electron chi connectivity index (χ0n) is 7.28. The first kappa shape index (κ1) is 9.49. The maximum absolute atomic E-state index is 8.40. The lowest BCUT2D eigenvalue weighted by Crippen LogP contribution is -2.22. The number of hydrogen-bond donors (Lipinski definition) is 0. The van der Waals surface area contributed by atoms with Gasteiger partial charge in [0.15, 0.2) is 0 Å². The lowest BCUT2D eigenvalue weighted by Gasteiger charge is -2.30. The first-order valence-electron chi connectivity index (χ1n) is 4.09. The zero-order chi connectivity index (χ0) is 8.04. The van der Waals surface area contributed by atoms with Gasteiger partial charge in [0.1, 0.15) is 0 Å². The van der Waals surface area contributed by atoms with Gasteiger partial charge in [0.05, 0.1) is 11.5 Å². The number of nitrogens with zero attached hydrogens (tertiary/aromatic N) is 1. The van der Waals surface area contributed by atoms with Gasteiger partial charge in [-0.25, -0.2) is 0 Å². The van der Waals surface area contributed by atoms with Crippen molar-refractivity contribution in [1.82, 2.24) is 0 Å². The molecule has 0 aliphatic heterocycles. The molecule has 0 aromatic rings. The van der Waals surface area contributed by atoms with Crippen LogP contribution in [0.3, 0.4) is 0 Å². The Morgan fingerprint density at radius 1 is 1.40 bits per heavy atom. The third-order valence-corrected chi connectivity index (χ3v) is 1.73. The molecule has 0 aromatic carbocycles. The molecular formula is C9H17N. The standard InChI is InChI=1S/C6H9N.C3H8/c1-6(5-7)3-2-4-6;1-3-2/h2-4H2,1H3;3H2,1-2H3. The molecule has 0 aromatic heterocycles. The Morgan fingerprint density at radius 2 is 1.80 bits per heavy atom. The molecule has 10 heavy (non-hydrogen) atoms. The van der Waals surface area contributed by atoms with E-state index < -0.39 is 0 Å². The fourth-order valence-corrected chi connectivity index (χ4v) is 0.819. The van der Waals surface area contributed by atoms with Crippen LogP contribution in [0.4, 0.5) is 0 Å². The van der Waals surface area contributed by atoms with Crippen molar-refractivity contribution in [2.75, 3.05) is 0 Å². The SMILES string of the molecule is CC1(C#N)CCC1.CCC. The summed E-state index contributed by atoms with van der Waals surface area (Å²) in [7, 11) is 0. The van der Waals surface area contributed by atoms with E-state index in [1.54, 1.807) is 0 Å². The molecule has 1 aliphatic carbocycles. The molecule has 1 aliphatic rings. The van der Waals surface area contributed by atoms with Crippen LogP contribution >= 0.6 is 0 Å². The van der Waals surface area contributed by atoms with E-state index in [0.717, 1.165) is 12.8 Å². The van der Waals surface area contributed by atoms with E-state index in [4.69, 9.17) is 5.26 Å². The van der Waals surface area contributed by atoms with Gasteiger partial charge in [-0.2, -0.15) is 5.26 Å². The summed E-state index contributed by atoms with van der Waals surface area (Å²) < 4.78 is 0. The van der Waals surface area contributed by atoms with Crippen molar-refractivity contribution < 1.29 is 0 Å². The van der Waals surface area contributed by atoms with Gasteiger partial charge in [0.25, 0.3) is 0 Å². The van der Waals surface area contributed by atoms with Gasteiger partial charge in [-0.05, 0) is 19.8 Å². The minimum atomic E-state index is 0.0694. The maximum Gasteiger partial charge on any atom is 0.0686 e. The summed E-state index contributed by atoms with van der Waals surface area (Å²) in [6, 6.07) is 2.28. The highest BCUT2D eigenvalue weighted by molar-refractivity contribution is 5.00. The monoisotopic (exact) mass is 139 g/mol. The van der Waals surface area contributed by atoms with Gasteiger partial charge in [0.2, 0.25) is 0 Å². The summed E-state index contributed by atoms with van der Waals surface area (Å²) in [6.07, 6.45) is 4.73. The minimum absolute atomic E-state index is 0.0694. The van der Waals surface area contributed by atoms with Crippen LogP contribution < -0.4 is 0 Å². The average molecular weight is 139 g/mol. The maximum atomic E-state index is 8.40. The molecule has 0 saturated heterocycles. The highest BCUT2D eigenvalue weighted by Crippen LogP contribution is 2.38. The summed E-state index contributed by atoms with van der Waals surface area (Å²) >= 11 is 0. The Labute approximate surface area is 64.1 Å². The molecule has 1 heteroatoms. The second-order valence-electron chi connectivity index (χ2n) is 3.23. The van der Waals surface area contributed by atoms with Crippen LogP contribution in [-0.4, -0.2) is 0 Å². The number of hydrogen-bond acceptors (Lipinski definition) is 1. The van der Waals surface area contributed by atoms with Gasteiger partial charge < -0.3 is 0 Å². The lowest BCUT2D eigenvalue weighted by atomic mass is 9.72. The fraction of sp³-hybridized carbons (Fsp3) is 0.889. The van der Waals surface area contributed by atoms with E-state index in [1.165, 1.54) is 12.8 Å². The highest BCUT2D eigenvalue weighted by Gasteiger charge is 2.30. The van der Waals surface area contributed by atoms with Crippen molar-refractivity contribution in [2.24, 2.45) is 5.41 Å². The van der Waals surface area contributed by atoms with Crippen molar-refractivity contribution in [3.63, 3.8) is 0 Å². The second kappa shape index (κ2) is 4.33. The predicted octanol–water partition coefficient (Wildman–Crippen LogP) is 3.12.